The van der Waals surface area contributed by atoms with E-state index in [1.807, 2.05) is 33.3 Å². The Kier molecular flexibility index (Phi) is 61.1. The van der Waals surface area contributed by atoms with Gasteiger partial charge in [-0.05, 0) is 83.1 Å². The molecule has 0 saturated carbocycles. The van der Waals surface area contributed by atoms with E-state index in [-0.39, 0.29) is 24.9 Å². The Morgan fingerprint density at radius 1 is 0.429 bits per heavy atom. The lowest BCUT2D eigenvalue weighted by molar-refractivity contribution is -0.870. The van der Waals surface area contributed by atoms with Crippen molar-refractivity contribution in [2.24, 2.45) is 0 Å². The van der Waals surface area contributed by atoms with E-state index in [4.69, 9.17) is 13.8 Å². The van der Waals surface area contributed by atoms with E-state index >= 15 is 0 Å². The fraction of sp³-hybridized carbons (Fsp3) is 0.784. The van der Waals surface area contributed by atoms with Gasteiger partial charge < -0.3 is 28.5 Å². The van der Waals surface area contributed by atoms with Gasteiger partial charge in [0.25, 0.3) is 7.82 Å². The van der Waals surface area contributed by atoms with Gasteiger partial charge in [0.2, 0.25) is 5.91 Å². The van der Waals surface area contributed by atoms with Crippen LogP contribution in [0.5, 0.6) is 0 Å². The standard InChI is InChI=1S/C74H135N2O7P/c1-7-10-13-16-19-22-25-28-30-32-34-35-36-37-38-39-40-41-43-44-46-48-51-54-57-60-63-66-73(77)75-71(70-82-84(79,80)81-69-68-76(4,5)6)72(65-62-59-56-53-50-27-24-21-18-15-12-9-3)83-74(78)67-64-61-58-55-52-49-47-45-42-33-31-29-26-23-20-17-14-11-8-2/h10,13,19,22,28,30,34-35,37-38,40-41,62,65,71-72H,7-9,11-12,14-18,20-21,23-27,29,31-33,36,39,42-61,63-64,66-70H2,1-6H3,(H-,75,77,79,80)/b13-10-,22-19-,30-28-,35-34-,38-37-,41-40-,65-62-. The fourth-order valence-electron chi connectivity index (χ4n) is 10.2. The number of phosphoric acid groups is 1. The Morgan fingerprint density at radius 2 is 0.762 bits per heavy atom. The van der Waals surface area contributed by atoms with Gasteiger partial charge in [0.15, 0.2) is 0 Å². The van der Waals surface area contributed by atoms with Crippen LogP contribution in [0.15, 0.2) is 85.1 Å². The largest absolute Gasteiger partial charge is 0.756 e. The second kappa shape index (κ2) is 63.2. The molecule has 0 aliphatic rings. The summed E-state index contributed by atoms with van der Waals surface area (Å²) in [5.41, 5.74) is 0. The number of hydrogen-bond donors (Lipinski definition) is 1. The van der Waals surface area contributed by atoms with Crippen LogP contribution in [0.25, 0.3) is 0 Å². The quantitative estimate of drug-likeness (QED) is 0.0212. The number of likely N-dealkylation sites (N-methyl/N-ethyl adjacent to an activating group) is 1. The van der Waals surface area contributed by atoms with Crippen LogP contribution in [0, 0.1) is 0 Å². The number of quaternary nitrogens is 1. The highest BCUT2D eigenvalue weighted by Gasteiger charge is 2.27. The number of phosphoric ester groups is 1. The van der Waals surface area contributed by atoms with Gasteiger partial charge in [-0.2, -0.15) is 0 Å². The highest BCUT2D eigenvalue weighted by Crippen LogP contribution is 2.38. The average molecular weight is 1200 g/mol. The molecule has 0 bridgehead atoms. The highest BCUT2D eigenvalue weighted by atomic mass is 31.2. The first kappa shape index (κ1) is 81.2. The summed E-state index contributed by atoms with van der Waals surface area (Å²) in [7, 11) is 1.18. The first-order chi connectivity index (χ1) is 40.9. The second-order valence-corrected chi connectivity index (χ2v) is 26.4. The zero-order valence-electron chi connectivity index (χ0n) is 55.8. The smallest absolute Gasteiger partial charge is 0.306 e. The zero-order chi connectivity index (χ0) is 61.4. The lowest BCUT2D eigenvalue weighted by Crippen LogP contribution is -2.47. The summed E-state index contributed by atoms with van der Waals surface area (Å²) in [6.07, 6.45) is 84.2. The molecule has 0 aliphatic heterocycles. The molecule has 1 amide bonds. The van der Waals surface area contributed by atoms with Gasteiger partial charge in [0.1, 0.15) is 19.3 Å². The molecule has 84 heavy (non-hydrogen) atoms. The van der Waals surface area contributed by atoms with Crippen molar-refractivity contribution in [3.05, 3.63) is 85.1 Å². The highest BCUT2D eigenvalue weighted by molar-refractivity contribution is 7.45. The Hall–Kier alpha value is -2.81. The Labute approximate surface area is 520 Å². The third kappa shape index (κ3) is 63.7. The SMILES string of the molecule is CC/C=C\C/C=C\C/C=C\C/C=C\C/C=C\C/C=C\CCCCCCCCCCC(=O)NC(COP(=O)([O-])OCC[N+](C)(C)C)C(/C=C\CCCCCCCCCCCC)OC(=O)CCCCCCCCCCCCCCCCCCCCC. The number of nitrogens with one attached hydrogen (secondary N) is 1. The van der Waals surface area contributed by atoms with Crippen molar-refractivity contribution in [3.63, 3.8) is 0 Å². The van der Waals surface area contributed by atoms with Crippen molar-refractivity contribution in [1.29, 1.82) is 0 Å². The molecule has 0 heterocycles. The molecule has 0 aliphatic carbocycles. The molecule has 488 valence electrons. The van der Waals surface area contributed by atoms with E-state index in [0.717, 1.165) is 109 Å². The minimum atomic E-state index is -4.71. The molecule has 3 atom stereocenters. The minimum absolute atomic E-state index is 0.0256. The number of nitrogens with zero attached hydrogens (tertiary/aromatic N) is 1. The maximum atomic E-state index is 13.6. The summed E-state index contributed by atoms with van der Waals surface area (Å²) in [5.74, 6) is -0.541. The molecule has 9 nitrogen and oxygen atoms in total. The second-order valence-electron chi connectivity index (χ2n) is 25.0. The van der Waals surface area contributed by atoms with E-state index < -0.39 is 26.6 Å². The van der Waals surface area contributed by atoms with Gasteiger partial charge in [-0.1, -0.05) is 312 Å². The van der Waals surface area contributed by atoms with Crippen LogP contribution in [0.4, 0.5) is 0 Å². The van der Waals surface area contributed by atoms with Crippen LogP contribution < -0.4 is 10.2 Å². The molecule has 0 radical (unpaired) electrons. The molecule has 0 aromatic carbocycles. The predicted molar refractivity (Wildman–Crippen MR) is 362 cm³/mol. The monoisotopic (exact) mass is 1200 g/mol. The van der Waals surface area contributed by atoms with E-state index in [1.54, 1.807) is 0 Å². The Balaban J connectivity index is 5.08. The maximum absolute atomic E-state index is 13.6. The van der Waals surface area contributed by atoms with E-state index in [9.17, 15) is 19.0 Å². The molecule has 0 rings (SSSR count). The molecule has 10 heteroatoms. The van der Waals surface area contributed by atoms with Crippen LogP contribution >= 0.6 is 7.82 Å². The molecule has 0 spiro atoms. The molecular formula is C74H135N2O7P. The van der Waals surface area contributed by atoms with Crippen molar-refractivity contribution < 1.29 is 37.3 Å². The van der Waals surface area contributed by atoms with Gasteiger partial charge in [0.05, 0.1) is 33.8 Å². The number of amides is 1. The molecule has 0 saturated heterocycles. The van der Waals surface area contributed by atoms with E-state index in [1.165, 1.54) is 180 Å². The zero-order valence-corrected chi connectivity index (χ0v) is 56.7. The average Bonchev–Trinajstić information content (AvgIpc) is 3.64. The summed E-state index contributed by atoms with van der Waals surface area (Å²) in [6, 6.07) is -0.896. The van der Waals surface area contributed by atoms with Crippen LogP contribution in [0.3, 0.4) is 0 Å². The number of carbonyl (C=O) groups is 2. The number of esters is 1. The van der Waals surface area contributed by atoms with Crippen molar-refractivity contribution in [3.8, 4) is 0 Å². The molecule has 1 N–H and O–H groups in total. The van der Waals surface area contributed by atoms with Crippen molar-refractivity contribution in [2.75, 3.05) is 40.9 Å². The van der Waals surface area contributed by atoms with Crippen molar-refractivity contribution in [2.45, 2.75) is 335 Å². The number of unbranched alkanes of at least 4 members (excludes halogenated alkanes) is 36. The number of carbonyl (C=O) groups excluding carboxylic acids is 2. The van der Waals surface area contributed by atoms with E-state index in [2.05, 4.69) is 99.0 Å². The molecule has 0 fully saturated rings. The summed E-state index contributed by atoms with van der Waals surface area (Å²) < 4.78 is 30.4. The maximum Gasteiger partial charge on any atom is 0.306 e. The lowest BCUT2D eigenvalue weighted by Gasteiger charge is -2.30. The Bertz CT molecular complexity index is 1710. The summed E-state index contributed by atoms with van der Waals surface area (Å²) in [4.78, 5) is 40.2. The van der Waals surface area contributed by atoms with Crippen molar-refractivity contribution >= 4 is 19.7 Å². The van der Waals surface area contributed by atoms with Gasteiger partial charge in [-0.3, -0.25) is 14.2 Å². The van der Waals surface area contributed by atoms with Crippen LogP contribution in [-0.2, 0) is 27.9 Å². The summed E-state index contributed by atoms with van der Waals surface area (Å²) >= 11 is 0. The lowest BCUT2D eigenvalue weighted by atomic mass is 10.0. The third-order valence-electron chi connectivity index (χ3n) is 15.6. The van der Waals surface area contributed by atoms with Crippen LogP contribution in [-0.4, -0.2) is 69.4 Å². The predicted octanol–water partition coefficient (Wildman–Crippen LogP) is 21.9. The van der Waals surface area contributed by atoms with Gasteiger partial charge >= 0.3 is 5.97 Å². The molecule has 0 aromatic heterocycles. The topological polar surface area (TPSA) is 114 Å². The summed E-state index contributed by atoms with van der Waals surface area (Å²) in [5, 5.41) is 3.04. The van der Waals surface area contributed by atoms with Gasteiger partial charge in [-0.25, -0.2) is 0 Å². The Morgan fingerprint density at radius 3 is 1.14 bits per heavy atom. The van der Waals surface area contributed by atoms with Crippen LogP contribution in [0.1, 0.15) is 323 Å². The first-order valence-corrected chi connectivity index (χ1v) is 36.9. The molecule has 0 aromatic rings. The van der Waals surface area contributed by atoms with Gasteiger partial charge in [-0.15, -0.1) is 0 Å². The minimum Gasteiger partial charge on any atom is -0.756 e. The molecule has 3 unspecified atom stereocenters. The third-order valence-corrected chi connectivity index (χ3v) is 16.6. The number of ether oxygens (including phenoxy) is 1. The van der Waals surface area contributed by atoms with Crippen LogP contribution in [0.2, 0.25) is 0 Å². The van der Waals surface area contributed by atoms with E-state index in [0.29, 0.717) is 17.4 Å². The normalized spacial score (nSPS) is 14.0. The first-order valence-electron chi connectivity index (χ1n) is 35.4. The fourth-order valence-corrected chi connectivity index (χ4v) is 10.9. The van der Waals surface area contributed by atoms with Gasteiger partial charge in [0, 0.05) is 12.8 Å². The molecular weight excluding hydrogens is 1060 g/mol. The summed E-state index contributed by atoms with van der Waals surface area (Å²) in [6.45, 7) is 6.76. The number of hydrogen-bond acceptors (Lipinski definition) is 7. The number of rotatable bonds is 64. The number of allylic oxidation sites excluding steroid dienone is 13. The van der Waals surface area contributed by atoms with Crippen molar-refractivity contribution in [1.82, 2.24) is 5.32 Å².